The first-order valence-corrected chi connectivity index (χ1v) is 12.4. The third kappa shape index (κ3) is 5.73. The number of nitrogens with one attached hydrogen (secondary N) is 1. The number of ether oxygens (including phenoxy) is 4. The van der Waals surface area contributed by atoms with Gasteiger partial charge < -0.3 is 34.1 Å². The minimum atomic E-state index is -0.305. The van der Waals surface area contributed by atoms with Crippen LogP contribution < -0.4 is 29.2 Å². The highest BCUT2D eigenvalue weighted by Crippen LogP contribution is 2.38. The zero-order valence-electron chi connectivity index (χ0n) is 21.7. The smallest absolute Gasteiger partial charge is 0.257 e. The van der Waals surface area contributed by atoms with Crippen molar-refractivity contribution in [3.8, 4) is 23.0 Å². The van der Waals surface area contributed by atoms with Crippen LogP contribution in [0, 0.1) is 0 Å². The van der Waals surface area contributed by atoms with Gasteiger partial charge in [0.1, 0.15) is 5.75 Å². The number of anilines is 2. The molecule has 1 fully saturated rings. The lowest BCUT2D eigenvalue weighted by Gasteiger charge is -2.36. The summed E-state index contributed by atoms with van der Waals surface area (Å²) in [7, 11) is 6.05. The van der Waals surface area contributed by atoms with E-state index in [-0.39, 0.29) is 11.8 Å². The van der Waals surface area contributed by atoms with Crippen LogP contribution in [0.15, 0.2) is 54.6 Å². The van der Waals surface area contributed by atoms with Crippen molar-refractivity contribution < 1.29 is 28.5 Å². The molecule has 1 aliphatic rings. The summed E-state index contributed by atoms with van der Waals surface area (Å²) in [5, 5.41) is 3.39. The number of carbonyl (C=O) groups excluding carboxylic acids is 2. The lowest BCUT2D eigenvalue weighted by atomic mass is 10.1. The fourth-order valence-electron chi connectivity index (χ4n) is 4.36. The lowest BCUT2D eigenvalue weighted by molar-refractivity contribution is 0.0743. The maximum Gasteiger partial charge on any atom is 0.257 e. The molecular weight excluding hydrogens is 510 g/mol. The summed E-state index contributed by atoms with van der Waals surface area (Å²) in [6.07, 6.45) is 0. The number of amides is 2. The van der Waals surface area contributed by atoms with E-state index in [1.807, 2.05) is 24.3 Å². The van der Waals surface area contributed by atoms with E-state index in [0.717, 1.165) is 5.69 Å². The van der Waals surface area contributed by atoms with Gasteiger partial charge in [0.25, 0.3) is 11.8 Å². The van der Waals surface area contributed by atoms with Gasteiger partial charge in [0.2, 0.25) is 5.75 Å². The first kappa shape index (κ1) is 26.9. The van der Waals surface area contributed by atoms with E-state index in [1.165, 1.54) is 28.4 Å². The molecule has 1 saturated heterocycles. The van der Waals surface area contributed by atoms with Gasteiger partial charge in [0, 0.05) is 48.1 Å². The molecule has 9 nitrogen and oxygen atoms in total. The van der Waals surface area contributed by atoms with Crippen molar-refractivity contribution in [1.29, 1.82) is 0 Å². The summed E-state index contributed by atoms with van der Waals surface area (Å²) in [5.41, 5.74) is 2.49. The Kier molecular flexibility index (Phi) is 8.48. The fraction of sp³-hybridized carbons (Fsp3) is 0.286. The summed E-state index contributed by atoms with van der Waals surface area (Å²) >= 11 is 6.10. The average molecular weight is 540 g/mol. The summed E-state index contributed by atoms with van der Waals surface area (Å²) in [6, 6.07) is 15.8. The van der Waals surface area contributed by atoms with Crippen molar-refractivity contribution in [2.45, 2.75) is 0 Å². The Balaban J connectivity index is 1.38. The van der Waals surface area contributed by atoms with E-state index in [1.54, 1.807) is 35.2 Å². The minimum absolute atomic E-state index is 0.103. The number of methoxy groups -OCH3 is 4. The van der Waals surface area contributed by atoms with Gasteiger partial charge >= 0.3 is 0 Å². The Morgan fingerprint density at radius 2 is 1.37 bits per heavy atom. The number of carbonyl (C=O) groups is 2. The van der Waals surface area contributed by atoms with E-state index in [2.05, 4.69) is 10.2 Å². The molecule has 10 heteroatoms. The molecule has 0 bridgehead atoms. The third-order valence-electron chi connectivity index (χ3n) is 6.38. The molecule has 3 aromatic carbocycles. The van der Waals surface area contributed by atoms with Crippen LogP contribution in [0.2, 0.25) is 5.02 Å². The van der Waals surface area contributed by atoms with Crippen LogP contribution in [0.4, 0.5) is 11.4 Å². The van der Waals surface area contributed by atoms with E-state index >= 15 is 0 Å². The molecule has 1 aliphatic heterocycles. The maximum atomic E-state index is 13.1. The van der Waals surface area contributed by atoms with Gasteiger partial charge in [0.15, 0.2) is 11.5 Å². The standard InChI is InChI=1S/C28H30ClN3O6/c1-35-23-10-5-19(29)17-22(23)28(34)32-13-11-31(12-14-32)21-8-6-20(7-9-21)30-27(33)18-15-24(36-2)26(38-4)25(16-18)37-3/h5-10,15-17H,11-14H2,1-4H3,(H,30,33). The normalized spacial score (nSPS) is 13.1. The first-order chi connectivity index (χ1) is 18.4. The molecule has 4 rings (SSSR count). The van der Waals surface area contributed by atoms with Crippen LogP contribution in [0.25, 0.3) is 0 Å². The number of nitrogens with zero attached hydrogens (tertiary/aromatic N) is 2. The molecule has 1 heterocycles. The van der Waals surface area contributed by atoms with Crippen LogP contribution in [0.1, 0.15) is 20.7 Å². The third-order valence-corrected chi connectivity index (χ3v) is 6.61. The van der Waals surface area contributed by atoms with Crippen molar-refractivity contribution >= 4 is 34.8 Å². The van der Waals surface area contributed by atoms with Gasteiger partial charge in [-0.2, -0.15) is 0 Å². The van der Waals surface area contributed by atoms with Crippen molar-refractivity contribution in [2.75, 3.05) is 64.8 Å². The molecule has 0 saturated carbocycles. The zero-order valence-corrected chi connectivity index (χ0v) is 22.5. The van der Waals surface area contributed by atoms with Crippen LogP contribution in [0.5, 0.6) is 23.0 Å². The Hall–Kier alpha value is -4.11. The number of rotatable bonds is 8. The number of hydrogen-bond donors (Lipinski definition) is 1. The Morgan fingerprint density at radius 1 is 0.763 bits per heavy atom. The molecule has 0 aliphatic carbocycles. The second-order valence-electron chi connectivity index (χ2n) is 8.54. The maximum absolute atomic E-state index is 13.1. The Morgan fingerprint density at radius 3 is 1.92 bits per heavy atom. The molecular formula is C28H30ClN3O6. The topological polar surface area (TPSA) is 89.6 Å². The molecule has 38 heavy (non-hydrogen) atoms. The molecule has 1 N–H and O–H groups in total. The van der Waals surface area contributed by atoms with Crippen LogP contribution in [-0.2, 0) is 0 Å². The van der Waals surface area contributed by atoms with Gasteiger partial charge in [-0.15, -0.1) is 0 Å². The first-order valence-electron chi connectivity index (χ1n) is 12.0. The SMILES string of the molecule is COc1ccc(Cl)cc1C(=O)N1CCN(c2ccc(NC(=O)c3cc(OC)c(OC)c(OC)c3)cc2)CC1. The molecule has 0 radical (unpaired) electrons. The molecule has 0 spiro atoms. The van der Waals surface area contributed by atoms with Crippen molar-refractivity contribution in [3.63, 3.8) is 0 Å². The monoisotopic (exact) mass is 539 g/mol. The van der Waals surface area contributed by atoms with Crippen molar-refractivity contribution in [3.05, 3.63) is 70.7 Å². The Labute approximate surface area is 226 Å². The fourth-order valence-corrected chi connectivity index (χ4v) is 4.53. The van der Waals surface area contributed by atoms with Crippen LogP contribution in [-0.4, -0.2) is 71.3 Å². The largest absolute Gasteiger partial charge is 0.496 e. The van der Waals surface area contributed by atoms with E-state index in [9.17, 15) is 9.59 Å². The molecule has 2 amide bonds. The molecule has 200 valence electrons. The van der Waals surface area contributed by atoms with Gasteiger partial charge in [-0.1, -0.05) is 11.6 Å². The average Bonchev–Trinajstić information content (AvgIpc) is 2.96. The zero-order chi connectivity index (χ0) is 27.2. The second-order valence-corrected chi connectivity index (χ2v) is 8.98. The van der Waals surface area contributed by atoms with Crippen LogP contribution >= 0.6 is 11.6 Å². The second kappa shape index (κ2) is 12.0. The molecule has 0 aromatic heterocycles. The van der Waals surface area contributed by atoms with Gasteiger partial charge in [-0.05, 0) is 54.6 Å². The van der Waals surface area contributed by atoms with E-state index in [4.69, 9.17) is 30.5 Å². The highest BCUT2D eigenvalue weighted by atomic mass is 35.5. The van der Waals surface area contributed by atoms with Gasteiger partial charge in [0.05, 0.1) is 34.0 Å². The van der Waals surface area contributed by atoms with Crippen LogP contribution in [0.3, 0.4) is 0 Å². The summed E-state index contributed by atoms with van der Waals surface area (Å²) in [5.74, 6) is 1.32. The van der Waals surface area contributed by atoms with Gasteiger partial charge in [-0.25, -0.2) is 0 Å². The summed E-state index contributed by atoms with van der Waals surface area (Å²) < 4.78 is 21.3. The number of benzene rings is 3. The van der Waals surface area contributed by atoms with E-state index < -0.39 is 0 Å². The lowest BCUT2D eigenvalue weighted by Crippen LogP contribution is -2.48. The summed E-state index contributed by atoms with van der Waals surface area (Å²) in [4.78, 5) is 30.0. The predicted molar refractivity (Wildman–Crippen MR) is 147 cm³/mol. The minimum Gasteiger partial charge on any atom is -0.496 e. The highest BCUT2D eigenvalue weighted by molar-refractivity contribution is 6.31. The van der Waals surface area contributed by atoms with Crippen molar-refractivity contribution in [1.82, 2.24) is 4.90 Å². The summed E-state index contributed by atoms with van der Waals surface area (Å²) in [6.45, 7) is 2.47. The number of halogens is 1. The highest BCUT2D eigenvalue weighted by Gasteiger charge is 2.25. The van der Waals surface area contributed by atoms with Gasteiger partial charge in [-0.3, -0.25) is 9.59 Å². The molecule has 0 unspecified atom stereocenters. The molecule has 3 aromatic rings. The van der Waals surface area contributed by atoms with E-state index in [0.29, 0.717) is 71.0 Å². The number of piperazine rings is 1. The predicted octanol–water partition coefficient (Wildman–Crippen LogP) is 4.59. The Bertz CT molecular complexity index is 1280. The quantitative estimate of drug-likeness (QED) is 0.448. The van der Waals surface area contributed by atoms with Crippen molar-refractivity contribution in [2.24, 2.45) is 0 Å². The number of hydrogen-bond acceptors (Lipinski definition) is 7. The molecule has 0 atom stereocenters.